The first-order valence-electron chi connectivity index (χ1n) is 8.49. The van der Waals surface area contributed by atoms with E-state index in [9.17, 15) is 32.5 Å². The van der Waals surface area contributed by atoms with Crippen LogP contribution in [0.25, 0.3) is 0 Å². The van der Waals surface area contributed by atoms with Crippen molar-refractivity contribution in [3.63, 3.8) is 0 Å². The minimum Gasteiger partial charge on any atom is -0.454 e. The third-order valence-electron chi connectivity index (χ3n) is 3.80. The third-order valence-corrected chi connectivity index (χ3v) is 5.35. The van der Waals surface area contributed by atoms with Crippen molar-refractivity contribution in [2.24, 2.45) is 0 Å². The van der Waals surface area contributed by atoms with Crippen molar-refractivity contribution in [1.29, 1.82) is 0 Å². The Balaban J connectivity index is 1.93. The first-order valence-corrected chi connectivity index (χ1v) is 9.97. The number of hydrogen-bond donors (Lipinski definition) is 2. The Kier molecular flexibility index (Phi) is 7.19. The molecule has 2 aromatic carbocycles. The molecule has 0 bridgehead atoms. The monoisotopic (exact) mass is 439 g/mol. The summed E-state index contributed by atoms with van der Waals surface area (Å²) in [5.41, 5.74) is -0.0474. The summed E-state index contributed by atoms with van der Waals surface area (Å²) in [5, 5.41) is 12.8. The lowest BCUT2D eigenvalue weighted by atomic mass is 10.2. The average Bonchev–Trinajstić information content (AvgIpc) is 2.67. The predicted octanol–water partition coefficient (Wildman–Crippen LogP) is 1.89. The summed E-state index contributed by atoms with van der Waals surface area (Å²) < 4.78 is 45.1. The van der Waals surface area contributed by atoms with Gasteiger partial charge in [0.15, 0.2) is 6.61 Å². The molecule has 0 aromatic heterocycles. The van der Waals surface area contributed by atoms with Crippen molar-refractivity contribution in [1.82, 2.24) is 4.72 Å². The number of halogens is 1. The predicted molar refractivity (Wildman–Crippen MR) is 104 cm³/mol. The van der Waals surface area contributed by atoms with Crippen LogP contribution in [0.5, 0.6) is 0 Å². The van der Waals surface area contributed by atoms with E-state index in [-0.39, 0.29) is 4.90 Å². The van der Waals surface area contributed by atoms with E-state index in [2.05, 4.69) is 4.72 Å². The number of nitro benzene ring substituents is 1. The molecule has 2 N–H and O–H groups in total. The lowest BCUT2D eigenvalue weighted by Crippen LogP contribution is -2.40. The maximum absolute atomic E-state index is 13.7. The van der Waals surface area contributed by atoms with Gasteiger partial charge in [-0.15, -0.1) is 0 Å². The second-order valence-electron chi connectivity index (χ2n) is 6.23. The molecular formula is C18H18FN3O7S. The van der Waals surface area contributed by atoms with E-state index in [0.29, 0.717) is 0 Å². The fourth-order valence-electron chi connectivity index (χ4n) is 2.24. The topological polar surface area (TPSA) is 145 Å². The SMILES string of the molecule is Cc1ccc(S(=O)(=O)N[C@H](C)C(=O)OCC(=O)Nc2cc([N+](=O)[O-])ccc2F)cc1. The van der Waals surface area contributed by atoms with Gasteiger partial charge in [0.1, 0.15) is 11.9 Å². The van der Waals surface area contributed by atoms with Crippen LogP contribution < -0.4 is 10.0 Å². The summed E-state index contributed by atoms with van der Waals surface area (Å²) in [7, 11) is -3.99. The zero-order valence-corrected chi connectivity index (χ0v) is 16.7. The molecule has 0 saturated carbocycles. The number of ether oxygens (including phenoxy) is 1. The molecule has 30 heavy (non-hydrogen) atoms. The van der Waals surface area contributed by atoms with Gasteiger partial charge in [-0.3, -0.25) is 19.7 Å². The van der Waals surface area contributed by atoms with Crippen molar-refractivity contribution >= 4 is 33.3 Å². The highest BCUT2D eigenvalue weighted by molar-refractivity contribution is 7.89. The summed E-state index contributed by atoms with van der Waals surface area (Å²) in [5.74, 6) is -2.92. The van der Waals surface area contributed by atoms with Crippen LogP contribution >= 0.6 is 0 Å². The van der Waals surface area contributed by atoms with Crippen molar-refractivity contribution in [2.75, 3.05) is 11.9 Å². The van der Waals surface area contributed by atoms with Crippen molar-refractivity contribution in [3.05, 3.63) is 64.0 Å². The number of hydrogen-bond acceptors (Lipinski definition) is 7. The maximum atomic E-state index is 13.7. The molecule has 0 unspecified atom stereocenters. The smallest absolute Gasteiger partial charge is 0.324 e. The molecule has 1 amide bonds. The van der Waals surface area contributed by atoms with Gasteiger partial charge in [0.2, 0.25) is 10.0 Å². The highest BCUT2D eigenvalue weighted by Crippen LogP contribution is 2.21. The number of nitrogens with one attached hydrogen (secondary N) is 2. The Morgan fingerprint density at radius 2 is 1.83 bits per heavy atom. The van der Waals surface area contributed by atoms with E-state index >= 15 is 0 Å². The zero-order valence-electron chi connectivity index (χ0n) is 15.9. The molecular weight excluding hydrogens is 421 g/mol. The Labute approximate surface area is 171 Å². The summed E-state index contributed by atoms with van der Waals surface area (Å²) in [6.45, 7) is 2.16. The van der Waals surface area contributed by atoms with Crippen LogP contribution in [-0.2, 0) is 24.3 Å². The van der Waals surface area contributed by atoms with Gasteiger partial charge >= 0.3 is 5.97 Å². The van der Waals surface area contributed by atoms with Crippen LogP contribution in [0.2, 0.25) is 0 Å². The number of esters is 1. The van der Waals surface area contributed by atoms with Crippen LogP contribution in [0.1, 0.15) is 12.5 Å². The normalized spacial score (nSPS) is 12.1. The van der Waals surface area contributed by atoms with Gasteiger partial charge in [-0.2, -0.15) is 4.72 Å². The Morgan fingerprint density at radius 3 is 2.43 bits per heavy atom. The first-order chi connectivity index (χ1) is 14.0. The number of benzene rings is 2. The molecule has 0 aliphatic carbocycles. The Hall–Kier alpha value is -3.38. The van der Waals surface area contributed by atoms with E-state index in [4.69, 9.17) is 4.74 Å². The fourth-order valence-corrected chi connectivity index (χ4v) is 3.43. The molecule has 0 aliphatic heterocycles. The number of carbonyl (C=O) groups is 2. The minimum absolute atomic E-state index is 0.0494. The van der Waals surface area contributed by atoms with Crippen molar-refractivity contribution < 1.29 is 32.1 Å². The van der Waals surface area contributed by atoms with E-state index in [0.717, 1.165) is 23.8 Å². The molecule has 0 radical (unpaired) electrons. The summed E-state index contributed by atoms with van der Waals surface area (Å²) in [6.07, 6.45) is 0. The molecule has 10 nitrogen and oxygen atoms in total. The zero-order chi connectivity index (χ0) is 22.5. The number of anilines is 1. The molecule has 2 aromatic rings. The highest BCUT2D eigenvalue weighted by Gasteiger charge is 2.24. The lowest BCUT2D eigenvalue weighted by Gasteiger charge is -2.14. The van der Waals surface area contributed by atoms with Gasteiger partial charge < -0.3 is 10.1 Å². The molecule has 2 rings (SSSR count). The quantitative estimate of drug-likeness (QED) is 0.363. The highest BCUT2D eigenvalue weighted by atomic mass is 32.2. The van der Waals surface area contributed by atoms with Crippen molar-refractivity contribution in [2.45, 2.75) is 24.8 Å². The molecule has 12 heteroatoms. The van der Waals surface area contributed by atoms with Crippen molar-refractivity contribution in [3.8, 4) is 0 Å². The van der Waals surface area contributed by atoms with Gasteiger partial charge in [0.05, 0.1) is 15.5 Å². The summed E-state index contributed by atoms with van der Waals surface area (Å²) in [4.78, 5) is 33.7. The molecule has 0 saturated heterocycles. The minimum atomic E-state index is -3.99. The number of aryl methyl sites for hydroxylation is 1. The van der Waals surface area contributed by atoms with Crippen LogP contribution in [0.15, 0.2) is 47.4 Å². The number of sulfonamides is 1. The molecule has 0 spiro atoms. The molecule has 0 fully saturated rings. The van der Waals surface area contributed by atoms with E-state index in [1.165, 1.54) is 19.1 Å². The standard InChI is InChI=1S/C18H18FN3O7S/c1-11-3-6-14(7-4-11)30(27,28)21-12(2)18(24)29-10-17(23)20-16-9-13(22(25)26)5-8-15(16)19/h3-9,12,21H,10H2,1-2H3,(H,20,23)/t12-/m1/s1. The van der Waals surface area contributed by atoms with Gasteiger partial charge in [-0.05, 0) is 32.0 Å². The van der Waals surface area contributed by atoms with E-state index < -0.39 is 56.7 Å². The molecule has 1 atom stereocenters. The van der Waals surface area contributed by atoms with E-state index in [1.54, 1.807) is 19.1 Å². The Bertz CT molecular complexity index is 1070. The molecule has 160 valence electrons. The van der Waals surface area contributed by atoms with Gasteiger partial charge in [-0.1, -0.05) is 17.7 Å². The number of non-ortho nitro benzene ring substituents is 1. The van der Waals surface area contributed by atoms with E-state index in [1.807, 2.05) is 5.32 Å². The molecule has 0 heterocycles. The van der Waals surface area contributed by atoms with Crippen LogP contribution in [0, 0.1) is 22.9 Å². The third kappa shape index (κ3) is 6.06. The number of carbonyl (C=O) groups excluding carboxylic acids is 2. The van der Waals surface area contributed by atoms with Gasteiger partial charge in [0.25, 0.3) is 11.6 Å². The maximum Gasteiger partial charge on any atom is 0.324 e. The summed E-state index contributed by atoms with van der Waals surface area (Å²) >= 11 is 0. The van der Waals surface area contributed by atoms with Gasteiger partial charge in [0, 0.05) is 12.1 Å². The lowest BCUT2D eigenvalue weighted by molar-refractivity contribution is -0.384. The second-order valence-corrected chi connectivity index (χ2v) is 7.95. The van der Waals surface area contributed by atoms with Gasteiger partial charge in [-0.25, -0.2) is 12.8 Å². The number of rotatable bonds is 8. The largest absolute Gasteiger partial charge is 0.454 e. The Morgan fingerprint density at radius 1 is 1.20 bits per heavy atom. The van der Waals surface area contributed by atoms with Crippen LogP contribution in [0.4, 0.5) is 15.8 Å². The van der Waals surface area contributed by atoms with Crippen LogP contribution in [-0.4, -0.2) is 37.9 Å². The first kappa shape index (κ1) is 22.9. The molecule has 0 aliphatic rings. The average molecular weight is 439 g/mol. The summed E-state index contributed by atoms with van der Waals surface area (Å²) in [6, 6.07) is 7.16. The second kappa shape index (κ2) is 9.41. The number of nitro groups is 1. The number of amides is 1. The fraction of sp³-hybridized carbons (Fsp3) is 0.222. The number of nitrogens with zero attached hydrogens (tertiary/aromatic N) is 1. The van der Waals surface area contributed by atoms with Crippen LogP contribution in [0.3, 0.4) is 0 Å².